The zero-order chi connectivity index (χ0) is 17.4. The van der Waals surface area contributed by atoms with E-state index in [0.717, 1.165) is 12.8 Å². The van der Waals surface area contributed by atoms with E-state index < -0.39 is 17.3 Å². The van der Waals surface area contributed by atoms with E-state index in [-0.39, 0.29) is 23.2 Å². The third-order valence-corrected chi connectivity index (χ3v) is 5.03. The van der Waals surface area contributed by atoms with Crippen molar-refractivity contribution in [3.8, 4) is 0 Å². The Hall–Kier alpha value is -1.39. The number of carbonyl (C=O) groups is 1. The molecule has 0 spiro atoms. The predicted octanol–water partition coefficient (Wildman–Crippen LogP) is 5.30. The van der Waals surface area contributed by atoms with Gasteiger partial charge in [-0.25, -0.2) is 4.98 Å². The first-order valence-corrected chi connectivity index (χ1v) is 8.26. The number of nitrogens with zero attached hydrogens (tertiary/aromatic N) is 1. The van der Waals surface area contributed by atoms with Gasteiger partial charge >= 0.3 is 6.18 Å². The molecular formula is C18H24F3NO. The molecule has 0 bridgehead atoms. The van der Waals surface area contributed by atoms with Crippen molar-refractivity contribution in [2.24, 2.45) is 11.3 Å². The number of pyridine rings is 1. The summed E-state index contributed by atoms with van der Waals surface area (Å²) in [5.74, 6) is -0.353. The van der Waals surface area contributed by atoms with Crippen molar-refractivity contribution < 1.29 is 18.0 Å². The van der Waals surface area contributed by atoms with Crippen LogP contribution in [0.3, 0.4) is 0 Å². The molecule has 0 aliphatic heterocycles. The van der Waals surface area contributed by atoms with E-state index in [1.165, 1.54) is 6.07 Å². The molecule has 2 rings (SSSR count). The van der Waals surface area contributed by atoms with Crippen LogP contribution in [0.2, 0.25) is 0 Å². The molecule has 1 heterocycles. The number of halogens is 3. The molecule has 1 fully saturated rings. The number of hydrogen-bond donors (Lipinski definition) is 0. The van der Waals surface area contributed by atoms with Gasteiger partial charge in [0, 0.05) is 17.0 Å². The monoisotopic (exact) mass is 327 g/mol. The molecule has 0 N–H and O–H groups in total. The SMILES string of the molecule is CCCC1(C(=O)C(C)CC)CC1c1ccc(C)nc1C(F)(F)F. The second kappa shape index (κ2) is 6.25. The minimum absolute atomic E-state index is 0.112. The minimum Gasteiger partial charge on any atom is -0.299 e. The second-order valence-electron chi connectivity index (χ2n) is 6.72. The van der Waals surface area contributed by atoms with Crippen LogP contribution in [0.1, 0.15) is 69.3 Å². The smallest absolute Gasteiger partial charge is 0.299 e. The maximum Gasteiger partial charge on any atom is 0.433 e. The summed E-state index contributed by atoms with van der Waals surface area (Å²) in [6, 6.07) is 3.12. The molecule has 0 amide bonds. The highest BCUT2D eigenvalue weighted by molar-refractivity contribution is 5.91. The second-order valence-corrected chi connectivity index (χ2v) is 6.72. The summed E-state index contributed by atoms with van der Waals surface area (Å²) in [4.78, 5) is 16.5. The fourth-order valence-corrected chi connectivity index (χ4v) is 3.58. The summed E-state index contributed by atoms with van der Waals surface area (Å²) >= 11 is 0. The number of aryl methyl sites for hydroxylation is 1. The van der Waals surface area contributed by atoms with Crippen molar-refractivity contribution in [1.29, 1.82) is 0 Å². The van der Waals surface area contributed by atoms with Gasteiger partial charge in [-0.05, 0) is 43.7 Å². The summed E-state index contributed by atoms with van der Waals surface area (Å²) in [5, 5.41) is 0. The van der Waals surface area contributed by atoms with Gasteiger partial charge in [0.05, 0.1) is 0 Å². The maximum absolute atomic E-state index is 13.3. The lowest BCUT2D eigenvalue weighted by atomic mass is 9.83. The third kappa shape index (κ3) is 3.29. The lowest BCUT2D eigenvalue weighted by Crippen LogP contribution is -2.25. The Kier molecular flexibility index (Phi) is 4.88. The highest BCUT2D eigenvalue weighted by atomic mass is 19.4. The number of ketones is 1. The number of Topliss-reactive ketones (excluding diaryl/α,β-unsaturated/α-hetero) is 1. The van der Waals surface area contributed by atoms with E-state index in [9.17, 15) is 18.0 Å². The summed E-state index contributed by atoms with van der Waals surface area (Å²) in [5.41, 5.74) is -0.914. The molecule has 1 aromatic heterocycles. The van der Waals surface area contributed by atoms with Crippen LogP contribution >= 0.6 is 0 Å². The lowest BCUT2D eigenvalue weighted by molar-refractivity contribution is -0.142. The highest BCUT2D eigenvalue weighted by Gasteiger charge is 2.61. The topological polar surface area (TPSA) is 30.0 Å². The van der Waals surface area contributed by atoms with Crippen molar-refractivity contribution >= 4 is 5.78 Å². The zero-order valence-electron chi connectivity index (χ0n) is 14.1. The van der Waals surface area contributed by atoms with Crippen LogP contribution < -0.4 is 0 Å². The summed E-state index contributed by atoms with van der Waals surface area (Å²) in [6.07, 6.45) is -1.82. The van der Waals surface area contributed by atoms with Gasteiger partial charge in [0.2, 0.25) is 0 Å². The number of hydrogen-bond acceptors (Lipinski definition) is 2. The molecule has 3 unspecified atom stereocenters. The quantitative estimate of drug-likeness (QED) is 0.710. The average Bonchev–Trinajstić information content (AvgIpc) is 3.20. The summed E-state index contributed by atoms with van der Waals surface area (Å²) in [7, 11) is 0. The van der Waals surface area contributed by atoms with Gasteiger partial charge in [0.25, 0.3) is 0 Å². The van der Waals surface area contributed by atoms with E-state index in [2.05, 4.69) is 4.98 Å². The summed E-state index contributed by atoms with van der Waals surface area (Å²) in [6.45, 7) is 7.33. The van der Waals surface area contributed by atoms with Gasteiger partial charge < -0.3 is 0 Å². The van der Waals surface area contributed by atoms with Gasteiger partial charge in [-0.15, -0.1) is 0 Å². The number of aromatic nitrogens is 1. The molecule has 1 aliphatic rings. The first-order chi connectivity index (χ1) is 10.7. The molecular weight excluding hydrogens is 303 g/mol. The van der Waals surface area contributed by atoms with E-state index in [4.69, 9.17) is 0 Å². The van der Waals surface area contributed by atoms with Crippen LogP contribution in [0.5, 0.6) is 0 Å². The fraction of sp³-hybridized carbons (Fsp3) is 0.667. The fourth-order valence-electron chi connectivity index (χ4n) is 3.58. The maximum atomic E-state index is 13.3. The Morgan fingerprint density at radius 3 is 2.57 bits per heavy atom. The molecule has 3 atom stereocenters. The number of alkyl halides is 3. The number of rotatable bonds is 6. The van der Waals surface area contributed by atoms with Crippen molar-refractivity contribution in [1.82, 2.24) is 4.98 Å². The Bertz CT molecular complexity index is 596. The zero-order valence-corrected chi connectivity index (χ0v) is 14.1. The molecule has 5 heteroatoms. The van der Waals surface area contributed by atoms with Crippen LogP contribution in [-0.2, 0) is 11.0 Å². The number of carbonyl (C=O) groups excluding carboxylic acids is 1. The Labute approximate surface area is 135 Å². The Morgan fingerprint density at radius 2 is 2.04 bits per heavy atom. The minimum atomic E-state index is -4.48. The summed E-state index contributed by atoms with van der Waals surface area (Å²) < 4.78 is 40.0. The van der Waals surface area contributed by atoms with Crippen LogP contribution in [0.25, 0.3) is 0 Å². The van der Waals surface area contributed by atoms with Gasteiger partial charge in [-0.3, -0.25) is 4.79 Å². The van der Waals surface area contributed by atoms with Crippen molar-refractivity contribution in [3.05, 3.63) is 29.1 Å². The standard InChI is InChI=1S/C18H24F3NO/c1-5-9-17(16(23)11(3)6-2)10-14(17)13-8-7-12(4)22-15(13)18(19,20)21/h7-8,11,14H,5-6,9-10H2,1-4H3. The molecule has 1 aromatic rings. The van der Waals surface area contributed by atoms with Crippen molar-refractivity contribution in [3.63, 3.8) is 0 Å². The van der Waals surface area contributed by atoms with Crippen LogP contribution in [0, 0.1) is 18.3 Å². The Balaban J connectivity index is 2.42. The predicted molar refractivity (Wildman–Crippen MR) is 83.1 cm³/mol. The molecule has 2 nitrogen and oxygen atoms in total. The normalized spacial score (nSPS) is 25.3. The third-order valence-electron chi connectivity index (χ3n) is 5.03. The molecule has 0 radical (unpaired) electrons. The largest absolute Gasteiger partial charge is 0.433 e. The van der Waals surface area contributed by atoms with Gasteiger partial charge in [-0.1, -0.05) is 33.3 Å². The van der Waals surface area contributed by atoms with Gasteiger partial charge in [0.15, 0.2) is 0 Å². The molecule has 1 aliphatic carbocycles. The molecule has 1 saturated carbocycles. The first-order valence-electron chi connectivity index (χ1n) is 8.26. The molecule has 128 valence electrons. The van der Waals surface area contributed by atoms with Crippen LogP contribution in [0.4, 0.5) is 13.2 Å². The van der Waals surface area contributed by atoms with Crippen molar-refractivity contribution in [2.45, 2.75) is 65.5 Å². The van der Waals surface area contributed by atoms with E-state index in [0.29, 0.717) is 18.5 Å². The molecule has 0 saturated heterocycles. The first kappa shape index (κ1) is 18.0. The van der Waals surface area contributed by atoms with Gasteiger partial charge in [0.1, 0.15) is 11.5 Å². The van der Waals surface area contributed by atoms with Crippen molar-refractivity contribution in [2.75, 3.05) is 0 Å². The lowest BCUT2D eigenvalue weighted by Gasteiger charge is -2.21. The highest BCUT2D eigenvalue weighted by Crippen LogP contribution is 2.64. The molecule has 23 heavy (non-hydrogen) atoms. The van der Waals surface area contributed by atoms with Crippen LogP contribution in [0.15, 0.2) is 12.1 Å². The molecule has 0 aromatic carbocycles. The van der Waals surface area contributed by atoms with E-state index >= 15 is 0 Å². The van der Waals surface area contributed by atoms with Gasteiger partial charge in [-0.2, -0.15) is 13.2 Å². The van der Waals surface area contributed by atoms with E-state index in [1.54, 1.807) is 13.0 Å². The van der Waals surface area contributed by atoms with Crippen LogP contribution in [-0.4, -0.2) is 10.8 Å². The Morgan fingerprint density at radius 1 is 1.39 bits per heavy atom. The average molecular weight is 327 g/mol. The van der Waals surface area contributed by atoms with E-state index in [1.807, 2.05) is 20.8 Å².